The molecule has 6 heteroatoms. The number of fused-ring (bicyclic) bond motifs is 1. The molecule has 0 bridgehead atoms. The van der Waals surface area contributed by atoms with E-state index in [1.807, 2.05) is 0 Å². The molecule has 0 aliphatic carbocycles. The van der Waals surface area contributed by atoms with Gasteiger partial charge in [-0.1, -0.05) is 12.1 Å². The van der Waals surface area contributed by atoms with Crippen molar-refractivity contribution < 1.29 is 23.0 Å². The third kappa shape index (κ3) is 2.37. The fraction of sp³-hybridized carbons (Fsp3) is 0.538. The average molecular weight is 271 g/mol. The summed E-state index contributed by atoms with van der Waals surface area (Å²) in [6, 6.07) is 4.47. The first-order valence-corrected chi connectivity index (χ1v) is 6.29. The smallest absolute Gasteiger partial charge is 0.395 e. The molecule has 2 aliphatic rings. The molecule has 2 heterocycles. The number of alkyl halides is 2. The van der Waals surface area contributed by atoms with Crippen LogP contribution >= 0.6 is 0 Å². The maximum absolute atomic E-state index is 13.1. The molecule has 0 radical (unpaired) electrons. The molecule has 1 atom stereocenters. The Kier molecular flexibility index (Phi) is 3.06. The molecule has 104 valence electrons. The maximum atomic E-state index is 13.1. The van der Waals surface area contributed by atoms with Gasteiger partial charge in [0, 0.05) is 24.8 Å². The summed E-state index contributed by atoms with van der Waals surface area (Å²) in [4.78, 5) is 0. The highest BCUT2D eigenvalue weighted by Crippen LogP contribution is 2.46. The van der Waals surface area contributed by atoms with Gasteiger partial charge < -0.3 is 19.9 Å². The molecular weight excluding hydrogens is 256 g/mol. The lowest BCUT2D eigenvalue weighted by Gasteiger charge is -2.28. The van der Waals surface area contributed by atoms with Crippen molar-refractivity contribution in [2.24, 2.45) is 11.7 Å². The second-order valence-corrected chi connectivity index (χ2v) is 4.82. The van der Waals surface area contributed by atoms with E-state index < -0.39 is 6.29 Å². The summed E-state index contributed by atoms with van der Waals surface area (Å²) in [7, 11) is 0. The van der Waals surface area contributed by atoms with Gasteiger partial charge in [-0.05, 0) is 24.8 Å². The van der Waals surface area contributed by atoms with Crippen LogP contribution in [0.4, 0.5) is 8.78 Å². The summed E-state index contributed by atoms with van der Waals surface area (Å²) in [5.41, 5.74) is 6.77. The van der Waals surface area contributed by atoms with Crippen LogP contribution in [0.5, 0.6) is 11.5 Å². The molecule has 1 saturated heterocycles. The summed E-state index contributed by atoms with van der Waals surface area (Å²) < 4.78 is 40.5. The third-order valence-electron chi connectivity index (χ3n) is 3.59. The summed E-state index contributed by atoms with van der Waals surface area (Å²) in [6.07, 6.45) is -1.96. The Bertz CT molecular complexity index is 475. The van der Waals surface area contributed by atoms with E-state index in [0.29, 0.717) is 18.8 Å². The summed E-state index contributed by atoms with van der Waals surface area (Å²) in [6.45, 7) is 1.31. The lowest BCUT2D eigenvalue weighted by Crippen LogP contribution is -2.29. The van der Waals surface area contributed by atoms with Crippen molar-refractivity contribution in [3.8, 4) is 11.5 Å². The molecule has 0 aromatic heterocycles. The van der Waals surface area contributed by atoms with Crippen molar-refractivity contribution in [3.63, 3.8) is 0 Å². The molecule has 1 aromatic rings. The van der Waals surface area contributed by atoms with Gasteiger partial charge >= 0.3 is 6.29 Å². The molecule has 3 rings (SSSR count). The van der Waals surface area contributed by atoms with Crippen molar-refractivity contribution in [2.75, 3.05) is 13.2 Å². The summed E-state index contributed by atoms with van der Waals surface area (Å²) in [5, 5.41) is 0. The van der Waals surface area contributed by atoms with E-state index in [1.54, 1.807) is 12.1 Å². The van der Waals surface area contributed by atoms with E-state index in [9.17, 15) is 8.78 Å². The Morgan fingerprint density at radius 2 is 1.95 bits per heavy atom. The largest absolute Gasteiger partial charge is 0.586 e. The molecule has 2 aliphatic heterocycles. The van der Waals surface area contributed by atoms with E-state index in [2.05, 4.69) is 9.47 Å². The highest BCUT2D eigenvalue weighted by atomic mass is 19.3. The molecule has 2 N–H and O–H groups in total. The Morgan fingerprint density at radius 1 is 1.21 bits per heavy atom. The zero-order valence-corrected chi connectivity index (χ0v) is 10.3. The Morgan fingerprint density at radius 3 is 2.68 bits per heavy atom. The number of hydrogen-bond acceptors (Lipinski definition) is 4. The highest BCUT2D eigenvalue weighted by molar-refractivity contribution is 5.50. The number of halogens is 2. The fourth-order valence-electron chi connectivity index (χ4n) is 2.58. The van der Waals surface area contributed by atoms with Crippen LogP contribution in [0.2, 0.25) is 0 Å². The second-order valence-electron chi connectivity index (χ2n) is 4.82. The van der Waals surface area contributed by atoms with Crippen LogP contribution in [-0.2, 0) is 4.74 Å². The number of para-hydroxylation sites is 1. The van der Waals surface area contributed by atoms with E-state index in [0.717, 1.165) is 12.8 Å². The van der Waals surface area contributed by atoms with Crippen molar-refractivity contribution in [2.45, 2.75) is 25.2 Å². The van der Waals surface area contributed by atoms with Crippen molar-refractivity contribution >= 4 is 0 Å². The number of hydrogen-bond donors (Lipinski definition) is 1. The Labute approximate surface area is 109 Å². The molecule has 0 spiro atoms. The predicted molar refractivity (Wildman–Crippen MR) is 63.1 cm³/mol. The maximum Gasteiger partial charge on any atom is 0.586 e. The predicted octanol–water partition coefficient (Wildman–Crippen LogP) is 2.43. The number of ether oxygens (including phenoxy) is 3. The summed E-state index contributed by atoms with van der Waals surface area (Å²) in [5.74, 6) is 0.314. The van der Waals surface area contributed by atoms with Gasteiger partial charge in [-0.3, -0.25) is 0 Å². The van der Waals surface area contributed by atoms with Gasteiger partial charge in [0.15, 0.2) is 11.5 Å². The van der Waals surface area contributed by atoms with Crippen molar-refractivity contribution in [3.05, 3.63) is 23.8 Å². The quantitative estimate of drug-likeness (QED) is 0.897. The first-order valence-electron chi connectivity index (χ1n) is 6.29. The van der Waals surface area contributed by atoms with Gasteiger partial charge in [-0.25, -0.2) is 0 Å². The lowest BCUT2D eigenvalue weighted by molar-refractivity contribution is -0.287. The van der Waals surface area contributed by atoms with Crippen LogP contribution < -0.4 is 15.2 Å². The van der Waals surface area contributed by atoms with Gasteiger partial charge in [0.1, 0.15) is 0 Å². The molecule has 0 unspecified atom stereocenters. The molecule has 1 aromatic carbocycles. The van der Waals surface area contributed by atoms with E-state index >= 15 is 0 Å². The SMILES string of the molecule is N[C@@H](c1cccc2c1OC(F)(F)O2)C1CCOCC1. The third-order valence-corrected chi connectivity index (χ3v) is 3.59. The normalized spacial score (nSPS) is 23.3. The number of nitrogens with two attached hydrogens (primary N) is 1. The van der Waals surface area contributed by atoms with Gasteiger partial charge in [-0.15, -0.1) is 8.78 Å². The molecular formula is C13H15F2NO3. The highest BCUT2D eigenvalue weighted by Gasteiger charge is 2.45. The van der Waals surface area contributed by atoms with Crippen LogP contribution in [0.3, 0.4) is 0 Å². The van der Waals surface area contributed by atoms with Crippen molar-refractivity contribution in [1.82, 2.24) is 0 Å². The molecule has 0 saturated carbocycles. The topological polar surface area (TPSA) is 53.7 Å². The van der Waals surface area contributed by atoms with E-state index in [1.165, 1.54) is 6.07 Å². The Balaban J connectivity index is 1.88. The van der Waals surface area contributed by atoms with Gasteiger partial charge in [0.25, 0.3) is 0 Å². The molecule has 19 heavy (non-hydrogen) atoms. The monoisotopic (exact) mass is 271 g/mol. The van der Waals surface area contributed by atoms with Gasteiger partial charge in [-0.2, -0.15) is 0 Å². The van der Waals surface area contributed by atoms with Crippen LogP contribution in [-0.4, -0.2) is 19.5 Å². The molecule has 1 fully saturated rings. The number of benzene rings is 1. The summed E-state index contributed by atoms with van der Waals surface area (Å²) >= 11 is 0. The van der Waals surface area contributed by atoms with Crippen molar-refractivity contribution in [1.29, 1.82) is 0 Å². The molecule has 0 amide bonds. The van der Waals surface area contributed by atoms with Crippen LogP contribution in [0.25, 0.3) is 0 Å². The van der Waals surface area contributed by atoms with E-state index in [4.69, 9.17) is 10.5 Å². The zero-order valence-electron chi connectivity index (χ0n) is 10.3. The fourth-order valence-corrected chi connectivity index (χ4v) is 2.58. The van der Waals surface area contributed by atoms with Crippen LogP contribution in [0.1, 0.15) is 24.4 Å². The molecule has 4 nitrogen and oxygen atoms in total. The van der Waals surface area contributed by atoms with Crippen LogP contribution in [0.15, 0.2) is 18.2 Å². The van der Waals surface area contributed by atoms with Gasteiger partial charge in [0.05, 0.1) is 0 Å². The number of rotatable bonds is 2. The average Bonchev–Trinajstić information content (AvgIpc) is 2.72. The second kappa shape index (κ2) is 4.61. The first-order chi connectivity index (χ1) is 9.07. The van der Waals surface area contributed by atoms with E-state index in [-0.39, 0.29) is 23.5 Å². The standard InChI is InChI=1S/C13H15F2NO3/c14-13(15)18-10-3-1-2-9(12(10)19-13)11(16)8-4-6-17-7-5-8/h1-3,8,11H,4-7,16H2/t11-/m1/s1. The lowest BCUT2D eigenvalue weighted by atomic mass is 9.87. The Hall–Kier alpha value is -1.40. The minimum Gasteiger partial charge on any atom is -0.395 e. The van der Waals surface area contributed by atoms with Gasteiger partial charge in [0.2, 0.25) is 0 Å². The minimum absolute atomic E-state index is 0.0463. The minimum atomic E-state index is -3.60. The zero-order chi connectivity index (χ0) is 13.5. The van der Waals surface area contributed by atoms with Crippen LogP contribution in [0, 0.1) is 5.92 Å². The first kappa shape index (κ1) is 12.6.